The highest BCUT2D eigenvalue weighted by atomic mass is 16.6. The van der Waals surface area contributed by atoms with E-state index in [1.165, 1.54) is 0 Å². The highest BCUT2D eigenvalue weighted by Crippen LogP contribution is 2.40. The lowest BCUT2D eigenvalue weighted by Crippen LogP contribution is -2.32. The zero-order valence-electron chi connectivity index (χ0n) is 11.9. The fourth-order valence-electron chi connectivity index (χ4n) is 2.09. The van der Waals surface area contributed by atoms with Crippen molar-refractivity contribution in [2.75, 3.05) is 7.11 Å². The van der Waals surface area contributed by atoms with E-state index in [2.05, 4.69) is 13.8 Å². The highest BCUT2D eigenvalue weighted by molar-refractivity contribution is 5.73. The Morgan fingerprint density at radius 1 is 1.37 bits per heavy atom. The molecule has 0 atom stereocenters. The largest absolute Gasteiger partial charge is 0.493 e. The summed E-state index contributed by atoms with van der Waals surface area (Å²) in [5.74, 6) is 1.54. The van der Waals surface area contributed by atoms with Gasteiger partial charge in [-0.05, 0) is 38.3 Å². The Labute approximate surface area is 113 Å². The topological polar surface area (TPSA) is 44.8 Å². The number of carbonyl (C=O) groups is 1. The van der Waals surface area contributed by atoms with Crippen molar-refractivity contribution in [3.8, 4) is 17.2 Å². The average molecular weight is 264 g/mol. The summed E-state index contributed by atoms with van der Waals surface area (Å²) in [5, 5.41) is 0. The van der Waals surface area contributed by atoms with Gasteiger partial charge in [0.15, 0.2) is 11.5 Å². The van der Waals surface area contributed by atoms with Crippen LogP contribution in [0.3, 0.4) is 0 Å². The SMILES string of the molecule is CCC(=O)Oc1cc2c(cc1OC)OC(C)(C)CC2. The molecule has 0 fully saturated rings. The van der Waals surface area contributed by atoms with Crippen LogP contribution < -0.4 is 14.2 Å². The van der Waals surface area contributed by atoms with Crippen molar-refractivity contribution < 1.29 is 19.0 Å². The number of fused-ring (bicyclic) bond motifs is 1. The first-order valence-electron chi connectivity index (χ1n) is 6.56. The number of methoxy groups -OCH3 is 1. The van der Waals surface area contributed by atoms with E-state index in [0.29, 0.717) is 17.9 Å². The van der Waals surface area contributed by atoms with Crippen LogP contribution in [0.5, 0.6) is 17.2 Å². The van der Waals surface area contributed by atoms with Crippen LogP contribution in [-0.2, 0) is 11.2 Å². The first-order chi connectivity index (χ1) is 8.95. The summed E-state index contributed by atoms with van der Waals surface area (Å²) in [7, 11) is 1.55. The molecule has 1 aromatic rings. The molecule has 1 aliphatic heterocycles. The Hall–Kier alpha value is -1.71. The number of carbonyl (C=O) groups excluding carboxylic acids is 1. The van der Waals surface area contributed by atoms with Crippen LogP contribution in [-0.4, -0.2) is 18.7 Å². The number of hydrogen-bond donors (Lipinski definition) is 0. The molecule has 0 spiro atoms. The maximum Gasteiger partial charge on any atom is 0.311 e. The molecule has 0 aromatic heterocycles. The van der Waals surface area contributed by atoms with Gasteiger partial charge >= 0.3 is 5.97 Å². The van der Waals surface area contributed by atoms with Crippen molar-refractivity contribution in [3.05, 3.63) is 17.7 Å². The fraction of sp³-hybridized carbons (Fsp3) is 0.533. The normalized spacial score (nSPS) is 16.2. The molecule has 1 aromatic carbocycles. The molecule has 0 unspecified atom stereocenters. The van der Waals surface area contributed by atoms with Crippen LogP contribution >= 0.6 is 0 Å². The van der Waals surface area contributed by atoms with E-state index in [0.717, 1.165) is 24.2 Å². The highest BCUT2D eigenvalue weighted by Gasteiger charge is 2.28. The maximum atomic E-state index is 11.4. The predicted octanol–water partition coefficient (Wildman–Crippen LogP) is 3.11. The third kappa shape index (κ3) is 3.00. The minimum absolute atomic E-state index is 0.167. The van der Waals surface area contributed by atoms with E-state index in [1.807, 2.05) is 6.07 Å². The van der Waals surface area contributed by atoms with Crippen molar-refractivity contribution in [3.63, 3.8) is 0 Å². The molecule has 0 bridgehead atoms. The van der Waals surface area contributed by atoms with Crippen LogP contribution in [0.15, 0.2) is 12.1 Å². The fourth-order valence-corrected chi connectivity index (χ4v) is 2.09. The van der Waals surface area contributed by atoms with Gasteiger partial charge in [-0.2, -0.15) is 0 Å². The standard InChI is InChI=1S/C15H20O4/c1-5-14(16)18-13-8-10-6-7-15(2,3)19-11(10)9-12(13)17-4/h8-9H,5-7H2,1-4H3. The lowest BCUT2D eigenvalue weighted by molar-refractivity contribution is -0.134. The minimum atomic E-state index is -0.268. The van der Waals surface area contributed by atoms with Gasteiger partial charge in [-0.1, -0.05) is 6.92 Å². The van der Waals surface area contributed by atoms with Gasteiger partial charge in [-0.15, -0.1) is 0 Å². The quantitative estimate of drug-likeness (QED) is 0.621. The van der Waals surface area contributed by atoms with Crippen LogP contribution in [0.1, 0.15) is 39.2 Å². The van der Waals surface area contributed by atoms with E-state index >= 15 is 0 Å². The average Bonchev–Trinajstić information content (AvgIpc) is 2.37. The molecule has 0 radical (unpaired) electrons. The molecule has 0 aliphatic carbocycles. The molecule has 0 N–H and O–H groups in total. The van der Waals surface area contributed by atoms with Crippen molar-refractivity contribution in [2.24, 2.45) is 0 Å². The summed E-state index contributed by atoms with van der Waals surface area (Å²) in [6.07, 6.45) is 2.18. The smallest absolute Gasteiger partial charge is 0.311 e. The third-order valence-corrected chi connectivity index (χ3v) is 3.24. The van der Waals surface area contributed by atoms with Gasteiger partial charge in [0.1, 0.15) is 11.4 Å². The van der Waals surface area contributed by atoms with E-state index in [1.54, 1.807) is 20.1 Å². The van der Waals surface area contributed by atoms with Gasteiger partial charge in [0.2, 0.25) is 0 Å². The number of esters is 1. The lowest BCUT2D eigenvalue weighted by atomic mass is 9.94. The van der Waals surface area contributed by atoms with E-state index in [-0.39, 0.29) is 11.6 Å². The van der Waals surface area contributed by atoms with Gasteiger partial charge < -0.3 is 14.2 Å². The Bertz CT molecular complexity index is 491. The Kier molecular flexibility index (Phi) is 3.69. The Morgan fingerprint density at radius 3 is 2.74 bits per heavy atom. The summed E-state index contributed by atoms with van der Waals surface area (Å²) in [5.41, 5.74) is 0.888. The molecule has 0 saturated heterocycles. The second-order valence-electron chi connectivity index (χ2n) is 5.30. The number of benzene rings is 1. The van der Waals surface area contributed by atoms with E-state index in [4.69, 9.17) is 14.2 Å². The molecule has 0 amide bonds. The summed E-state index contributed by atoms with van der Waals surface area (Å²) >= 11 is 0. The number of aryl methyl sites for hydroxylation is 1. The zero-order valence-corrected chi connectivity index (χ0v) is 11.9. The molecular formula is C15H20O4. The molecule has 0 saturated carbocycles. The summed E-state index contributed by atoms with van der Waals surface area (Å²) in [4.78, 5) is 11.4. The van der Waals surface area contributed by atoms with Crippen molar-refractivity contribution in [2.45, 2.75) is 45.6 Å². The third-order valence-electron chi connectivity index (χ3n) is 3.24. The van der Waals surface area contributed by atoms with Crippen molar-refractivity contribution >= 4 is 5.97 Å². The number of ether oxygens (including phenoxy) is 3. The van der Waals surface area contributed by atoms with Gasteiger partial charge in [0.25, 0.3) is 0 Å². The van der Waals surface area contributed by atoms with Gasteiger partial charge in [-0.25, -0.2) is 0 Å². The number of hydrogen-bond acceptors (Lipinski definition) is 4. The van der Waals surface area contributed by atoms with Crippen molar-refractivity contribution in [1.29, 1.82) is 0 Å². The summed E-state index contributed by atoms with van der Waals surface area (Å²) < 4.78 is 16.5. The molecule has 1 aliphatic rings. The first-order valence-corrected chi connectivity index (χ1v) is 6.56. The maximum absolute atomic E-state index is 11.4. The van der Waals surface area contributed by atoms with Crippen LogP contribution in [0.2, 0.25) is 0 Å². The van der Waals surface area contributed by atoms with Gasteiger partial charge in [0.05, 0.1) is 7.11 Å². The van der Waals surface area contributed by atoms with Gasteiger partial charge in [0, 0.05) is 12.5 Å². The lowest BCUT2D eigenvalue weighted by Gasteiger charge is -2.33. The van der Waals surface area contributed by atoms with E-state index in [9.17, 15) is 4.79 Å². The van der Waals surface area contributed by atoms with Crippen molar-refractivity contribution in [1.82, 2.24) is 0 Å². The van der Waals surface area contributed by atoms with E-state index < -0.39 is 0 Å². The summed E-state index contributed by atoms with van der Waals surface area (Å²) in [6, 6.07) is 3.64. The second-order valence-corrected chi connectivity index (χ2v) is 5.30. The Morgan fingerprint density at radius 2 is 2.11 bits per heavy atom. The predicted molar refractivity (Wildman–Crippen MR) is 71.9 cm³/mol. The van der Waals surface area contributed by atoms with Crippen LogP contribution in [0.4, 0.5) is 0 Å². The molecule has 4 heteroatoms. The van der Waals surface area contributed by atoms with Crippen LogP contribution in [0.25, 0.3) is 0 Å². The van der Waals surface area contributed by atoms with Crippen LogP contribution in [0, 0.1) is 0 Å². The molecule has 2 rings (SSSR count). The van der Waals surface area contributed by atoms with Gasteiger partial charge in [-0.3, -0.25) is 4.79 Å². The molecule has 19 heavy (non-hydrogen) atoms. The minimum Gasteiger partial charge on any atom is -0.493 e. The summed E-state index contributed by atoms with van der Waals surface area (Å²) in [6.45, 7) is 5.89. The molecule has 1 heterocycles. The zero-order chi connectivity index (χ0) is 14.0. The molecule has 4 nitrogen and oxygen atoms in total. The monoisotopic (exact) mass is 264 g/mol. The second kappa shape index (κ2) is 5.11. The molecule has 104 valence electrons. The first kappa shape index (κ1) is 13.7. The molecular weight excluding hydrogens is 244 g/mol. The number of rotatable bonds is 3. The Balaban J connectivity index is 2.35.